The number of aromatic nitrogens is 3. The molecule has 0 aromatic carbocycles. The lowest BCUT2D eigenvalue weighted by atomic mass is 10.1. The second-order valence-corrected chi connectivity index (χ2v) is 3.41. The summed E-state index contributed by atoms with van der Waals surface area (Å²) < 4.78 is 0. The van der Waals surface area contributed by atoms with Crippen LogP contribution in [0.25, 0.3) is 0 Å². The fraction of sp³-hybridized carbons (Fsp3) is 0.556. The highest BCUT2D eigenvalue weighted by molar-refractivity contribution is 5.92. The molecule has 1 rings (SSSR count). The van der Waals surface area contributed by atoms with E-state index in [9.17, 15) is 9.59 Å². The number of carboxylic acid groups (broad SMARTS) is 1. The summed E-state index contributed by atoms with van der Waals surface area (Å²) in [6, 6.07) is -0.369. The van der Waals surface area contributed by atoms with Crippen molar-refractivity contribution in [3.63, 3.8) is 0 Å². The van der Waals surface area contributed by atoms with Crippen molar-refractivity contribution in [1.29, 1.82) is 0 Å². The van der Waals surface area contributed by atoms with Crippen LogP contribution in [-0.4, -0.2) is 38.4 Å². The molecule has 1 heterocycles. The van der Waals surface area contributed by atoms with Gasteiger partial charge in [0, 0.05) is 6.04 Å². The quantitative estimate of drug-likeness (QED) is 0.641. The van der Waals surface area contributed by atoms with Crippen LogP contribution in [0.4, 0.5) is 0 Å². The maximum absolute atomic E-state index is 11.5. The number of nitrogens with one attached hydrogen (secondary N) is 2. The zero-order valence-electron chi connectivity index (χ0n) is 8.93. The molecule has 0 aliphatic heterocycles. The summed E-state index contributed by atoms with van der Waals surface area (Å²) >= 11 is 0. The van der Waals surface area contributed by atoms with Crippen LogP contribution in [0.3, 0.4) is 0 Å². The van der Waals surface area contributed by atoms with Gasteiger partial charge in [-0.2, -0.15) is 15.4 Å². The Morgan fingerprint density at radius 2 is 2.38 bits per heavy atom. The number of aromatic amines is 1. The van der Waals surface area contributed by atoms with Crippen LogP contribution in [0.2, 0.25) is 0 Å². The maximum atomic E-state index is 11.5. The van der Waals surface area contributed by atoms with E-state index in [-0.39, 0.29) is 18.2 Å². The molecule has 0 spiro atoms. The number of carbonyl (C=O) groups excluding carboxylic acids is 1. The van der Waals surface area contributed by atoms with Crippen molar-refractivity contribution < 1.29 is 14.7 Å². The molecule has 1 unspecified atom stereocenters. The van der Waals surface area contributed by atoms with Crippen LogP contribution in [0.15, 0.2) is 6.20 Å². The van der Waals surface area contributed by atoms with Gasteiger partial charge in [0.05, 0.1) is 12.6 Å². The summed E-state index contributed by atoms with van der Waals surface area (Å²) in [5.74, 6) is -1.34. The second-order valence-electron chi connectivity index (χ2n) is 3.41. The van der Waals surface area contributed by atoms with Gasteiger partial charge < -0.3 is 10.4 Å². The highest BCUT2D eigenvalue weighted by Crippen LogP contribution is 2.03. The predicted molar refractivity (Wildman–Crippen MR) is 54.8 cm³/mol. The van der Waals surface area contributed by atoms with E-state index in [2.05, 4.69) is 20.7 Å². The molecule has 7 heteroatoms. The summed E-state index contributed by atoms with van der Waals surface area (Å²) in [6.07, 6.45) is 2.63. The predicted octanol–water partition coefficient (Wildman–Crippen LogP) is 0.178. The Morgan fingerprint density at radius 1 is 1.62 bits per heavy atom. The van der Waals surface area contributed by atoms with Gasteiger partial charge in [-0.25, -0.2) is 0 Å². The highest BCUT2D eigenvalue weighted by Gasteiger charge is 2.17. The van der Waals surface area contributed by atoms with Crippen LogP contribution in [-0.2, 0) is 4.79 Å². The summed E-state index contributed by atoms with van der Waals surface area (Å²) in [4.78, 5) is 22.1. The van der Waals surface area contributed by atoms with E-state index in [0.717, 1.165) is 6.42 Å². The molecule has 1 amide bonds. The number of aliphatic carboxylic acids is 1. The van der Waals surface area contributed by atoms with E-state index in [1.807, 2.05) is 6.92 Å². The van der Waals surface area contributed by atoms with Gasteiger partial charge in [-0.05, 0) is 6.42 Å². The fourth-order valence-corrected chi connectivity index (χ4v) is 1.35. The average Bonchev–Trinajstić information content (AvgIpc) is 2.69. The minimum absolute atomic E-state index is 0.0859. The molecular formula is C9H14N4O3. The third-order valence-corrected chi connectivity index (χ3v) is 2.04. The lowest BCUT2D eigenvalue weighted by Gasteiger charge is -2.14. The molecule has 1 atom stereocenters. The van der Waals surface area contributed by atoms with Crippen LogP contribution in [0.1, 0.15) is 36.7 Å². The molecule has 7 nitrogen and oxygen atoms in total. The number of amides is 1. The lowest BCUT2D eigenvalue weighted by molar-refractivity contribution is -0.137. The number of hydrogen-bond acceptors (Lipinski definition) is 4. The zero-order valence-corrected chi connectivity index (χ0v) is 8.93. The van der Waals surface area contributed by atoms with Crippen LogP contribution in [0, 0.1) is 0 Å². The Bertz CT molecular complexity index is 350. The molecule has 0 fully saturated rings. The third-order valence-electron chi connectivity index (χ3n) is 2.04. The van der Waals surface area contributed by atoms with Gasteiger partial charge in [0.25, 0.3) is 5.91 Å². The van der Waals surface area contributed by atoms with Crippen LogP contribution >= 0.6 is 0 Å². The second kappa shape index (κ2) is 5.84. The molecule has 88 valence electrons. The Balaban J connectivity index is 2.54. The lowest BCUT2D eigenvalue weighted by Crippen LogP contribution is -2.36. The van der Waals surface area contributed by atoms with E-state index in [0.29, 0.717) is 6.42 Å². The normalized spacial score (nSPS) is 12.1. The van der Waals surface area contributed by atoms with E-state index >= 15 is 0 Å². The summed E-state index contributed by atoms with van der Waals surface area (Å²) in [5, 5.41) is 20.7. The van der Waals surface area contributed by atoms with Gasteiger partial charge >= 0.3 is 5.97 Å². The first-order valence-electron chi connectivity index (χ1n) is 5.02. The first-order valence-corrected chi connectivity index (χ1v) is 5.02. The zero-order chi connectivity index (χ0) is 12.0. The molecule has 0 radical (unpaired) electrons. The Kier molecular flexibility index (Phi) is 4.43. The van der Waals surface area contributed by atoms with Crippen molar-refractivity contribution in [3.8, 4) is 0 Å². The number of H-pyrrole nitrogens is 1. The SMILES string of the molecule is CCCC(CC(=O)O)NC(=O)c1cn[nH]n1. The number of hydrogen-bond donors (Lipinski definition) is 3. The minimum atomic E-state index is -0.932. The first-order chi connectivity index (χ1) is 7.63. The molecule has 0 aliphatic carbocycles. The van der Waals surface area contributed by atoms with Crippen molar-refractivity contribution in [1.82, 2.24) is 20.7 Å². The van der Waals surface area contributed by atoms with E-state index in [4.69, 9.17) is 5.11 Å². The molecule has 0 saturated carbocycles. The number of carbonyl (C=O) groups is 2. The van der Waals surface area contributed by atoms with Crippen molar-refractivity contribution in [3.05, 3.63) is 11.9 Å². The number of nitrogens with zero attached hydrogens (tertiary/aromatic N) is 2. The number of carboxylic acids is 1. The molecule has 1 aromatic rings. The summed E-state index contributed by atoms with van der Waals surface area (Å²) in [6.45, 7) is 1.93. The molecular weight excluding hydrogens is 212 g/mol. The van der Waals surface area contributed by atoms with Crippen LogP contribution < -0.4 is 5.32 Å². The highest BCUT2D eigenvalue weighted by atomic mass is 16.4. The van der Waals surface area contributed by atoms with Crippen molar-refractivity contribution in [2.75, 3.05) is 0 Å². The smallest absolute Gasteiger partial charge is 0.305 e. The average molecular weight is 226 g/mol. The molecule has 0 aliphatic rings. The Morgan fingerprint density at radius 3 is 2.88 bits per heavy atom. The Hall–Kier alpha value is -1.92. The van der Waals surface area contributed by atoms with E-state index < -0.39 is 11.9 Å². The molecule has 16 heavy (non-hydrogen) atoms. The molecule has 1 aromatic heterocycles. The molecule has 0 bridgehead atoms. The van der Waals surface area contributed by atoms with Crippen molar-refractivity contribution >= 4 is 11.9 Å². The minimum Gasteiger partial charge on any atom is -0.481 e. The third kappa shape index (κ3) is 3.68. The maximum Gasteiger partial charge on any atom is 0.305 e. The Labute approximate surface area is 92.2 Å². The van der Waals surface area contributed by atoms with Crippen LogP contribution in [0.5, 0.6) is 0 Å². The molecule has 0 saturated heterocycles. The fourth-order valence-electron chi connectivity index (χ4n) is 1.35. The topological polar surface area (TPSA) is 108 Å². The van der Waals surface area contributed by atoms with Gasteiger partial charge in [0.2, 0.25) is 0 Å². The van der Waals surface area contributed by atoms with Gasteiger partial charge in [0.15, 0.2) is 5.69 Å². The van der Waals surface area contributed by atoms with E-state index in [1.165, 1.54) is 6.20 Å². The molecule has 3 N–H and O–H groups in total. The summed E-state index contributed by atoms with van der Waals surface area (Å²) in [5.41, 5.74) is 0.159. The largest absolute Gasteiger partial charge is 0.481 e. The standard InChI is InChI=1S/C9H14N4O3/c1-2-3-6(4-8(14)15)11-9(16)7-5-10-13-12-7/h5-6H,2-4H2,1H3,(H,11,16)(H,14,15)(H,10,12,13). The van der Waals surface area contributed by atoms with Gasteiger partial charge in [-0.1, -0.05) is 13.3 Å². The van der Waals surface area contributed by atoms with Crippen molar-refractivity contribution in [2.24, 2.45) is 0 Å². The number of rotatable bonds is 6. The van der Waals surface area contributed by atoms with Gasteiger partial charge in [-0.3, -0.25) is 9.59 Å². The van der Waals surface area contributed by atoms with Gasteiger partial charge in [-0.15, -0.1) is 0 Å². The van der Waals surface area contributed by atoms with Gasteiger partial charge in [0.1, 0.15) is 0 Å². The van der Waals surface area contributed by atoms with E-state index in [1.54, 1.807) is 0 Å². The summed E-state index contributed by atoms with van der Waals surface area (Å²) in [7, 11) is 0. The monoisotopic (exact) mass is 226 g/mol. The first kappa shape index (κ1) is 12.2. The van der Waals surface area contributed by atoms with Crippen molar-refractivity contribution in [2.45, 2.75) is 32.2 Å².